The van der Waals surface area contributed by atoms with Gasteiger partial charge in [-0.2, -0.15) is 5.10 Å². The van der Waals surface area contributed by atoms with Gasteiger partial charge in [0.05, 0.1) is 18.5 Å². The topological polar surface area (TPSA) is 64.0 Å². The van der Waals surface area contributed by atoms with E-state index in [1.54, 1.807) is 19.4 Å². The highest BCUT2D eigenvalue weighted by Gasteiger charge is 2.25. The number of nitrogens with zero attached hydrogens (tertiary/aromatic N) is 3. The Bertz CT molecular complexity index is 784. The highest BCUT2D eigenvalue weighted by molar-refractivity contribution is 5.56. The van der Waals surface area contributed by atoms with Gasteiger partial charge in [-0.3, -0.25) is 9.67 Å². The Morgan fingerprint density at radius 3 is 2.96 bits per heavy atom. The van der Waals surface area contributed by atoms with Gasteiger partial charge in [-0.1, -0.05) is 0 Å². The summed E-state index contributed by atoms with van der Waals surface area (Å²) in [5, 5.41) is 11.5. The number of halogens is 1. The van der Waals surface area contributed by atoms with Crippen LogP contribution in [0.5, 0.6) is 0 Å². The molecule has 146 valence electrons. The van der Waals surface area contributed by atoms with Crippen LogP contribution in [0.2, 0.25) is 0 Å². The van der Waals surface area contributed by atoms with Crippen molar-refractivity contribution in [3.05, 3.63) is 47.9 Å². The van der Waals surface area contributed by atoms with E-state index in [4.69, 9.17) is 9.84 Å². The number of hydrogen-bond acceptors (Lipinski definition) is 5. The van der Waals surface area contributed by atoms with Crippen molar-refractivity contribution in [2.45, 2.75) is 51.7 Å². The van der Waals surface area contributed by atoms with Crippen LogP contribution >= 0.6 is 0 Å². The molecule has 0 aromatic carbocycles. The quantitative estimate of drug-likeness (QED) is 0.494. The second-order valence-electron chi connectivity index (χ2n) is 6.81. The van der Waals surface area contributed by atoms with Gasteiger partial charge >= 0.3 is 0 Å². The van der Waals surface area contributed by atoms with E-state index in [9.17, 15) is 4.39 Å². The van der Waals surface area contributed by atoms with E-state index < -0.39 is 0 Å². The molecule has 7 heteroatoms. The first-order valence-corrected chi connectivity index (χ1v) is 9.51. The molecular formula is C20H28FN5O. The Morgan fingerprint density at radius 1 is 1.48 bits per heavy atom. The zero-order valence-corrected chi connectivity index (χ0v) is 16.2. The van der Waals surface area contributed by atoms with Gasteiger partial charge in [0.25, 0.3) is 0 Å². The third-order valence-electron chi connectivity index (χ3n) is 4.63. The first-order valence-electron chi connectivity index (χ1n) is 9.51. The molecule has 1 fully saturated rings. The molecule has 1 unspecified atom stereocenters. The smallest absolute Gasteiger partial charge is 0.181 e. The van der Waals surface area contributed by atoms with Gasteiger partial charge in [-0.25, -0.2) is 4.39 Å². The summed E-state index contributed by atoms with van der Waals surface area (Å²) in [4.78, 5) is 4.24. The Balaban J connectivity index is 1.75. The number of methoxy groups -OCH3 is 1. The zero-order valence-electron chi connectivity index (χ0n) is 16.2. The van der Waals surface area contributed by atoms with Crippen LogP contribution in [-0.4, -0.2) is 34.5 Å². The van der Waals surface area contributed by atoms with Crippen molar-refractivity contribution in [1.29, 1.82) is 0 Å². The predicted octanol–water partition coefficient (Wildman–Crippen LogP) is 3.38. The van der Waals surface area contributed by atoms with Crippen molar-refractivity contribution in [3.63, 3.8) is 0 Å². The van der Waals surface area contributed by atoms with Gasteiger partial charge < -0.3 is 15.4 Å². The lowest BCUT2D eigenvalue weighted by Gasteiger charge is -2.11. The largest absolute Gasteiger partial charge is 0.483 e. The summed E-state index contributed by atoms with van der Waals surface area (Å²) >= 11 is 0. The van der Waals surface area contributed by atoms with E-state index in [2.05, 4.69) is 22.5 Å². The fraction of sp³-hybridized carbons (Fsp3) is 0.500. The molecule has 0 amide bonds. The normalized spacial score (nSPS) is 15.6. The number of pyridine rings is 1. The van der Waals surface area contributed by atoms with Crippen LogP contribution in [0.3, 0.4) is 0 Å². The number of rotatable bonds is 10. The highest BCUT2D eigenvalue weighted by atomic mass is 19.1. The lowest BCUT2D eigenvalue weighted by molar-refractivity contribution is 0.259. The molecular weight excluding hydrogens is 345 g/mol. The summed E-state index contributed by atoms with van der Waals surface area (Å²) in [5.74, 6) is 0.413. The predicted molar refractivity (Wildman–Crippen MR) is 103 cm³/mol. The van der Waals surface area contributed by atoms with Gasteiger partial charge in [0.15, 0.2) is 11.7 Å². The zero-order chi connectivity index (χ0) is 19.2. The number of allylic oxidation sites excluding steroid dienone is 1. The Kier molecular flexibility index (Phi) is 6.45. The third kappa shape index (κ3) is 5.07. The van der Waals surface area contributed by atoms with Crippen LogP contribution in [0, 0.1) is 5.82 Å². The second kappa shape index (κ2) is 8.99. The maximum Gasteiger partial charge on any atom is 0.181 e. The second-order valence-corrected chi connectivity index (χ2v) is 6.81. The average molecular weight is 373 g/mol. The van der Waals surface area contributed by atoms with Gasteiger partial charge in [0.2, 0.25) is 0 Å². The van der Waals surface area contributed by atoms with E-state index in [0.29, 0.717) is 24.0 Å². The number of hydrogen-bond donors (Lipinski definition) is 2. The maximum absolute atomic E-state index is 14.3. The molecule has 0 radical (unpaired) electrons. The molecule has 0 spiro atoms. The fourth-order valence-corrected chi connectivity index (χ4v) is 3.00. The van der Waals surface area contributed by atoms with E-state index in [0.717, 1.165) is 24.5 Å². The number of nitrogens with one attached hydrogen (secondary N) is 2. The number of aromatic nitrogens is 3. The van der Waals surface area contributed by atoms with Crippen LogP contribution in [0.15, 0.2) is 36.4 Å². The summed E-state index contributed by atoms with van der Waals surface area (Å²) in [6.45, 7) is 5.42. The molecule has 2 aromatic heterocycles. The van der Waals surface area contributed by atoms with Gasteiger partial charge in [0, 0.05) is 31.4 Å². The van der Waals surface area contributed by atoms with E-state index in [1.165, 1.54) is 18.9 Å². The molecule has 27 heavy (non-hydrogen) atoms. The van der Waals surface area contributed by atoms with E-state index >= 15 is 0 Å². The molecule has 6 nitrogen and oxygen atoms in total. The van der Waals surface area contributed by atoms with Crippen molar-refractivity contribution in [1.82, 2.24) is 25.4 Å². The summed E-state index contributed by atoms with van der Waals surface area (Å²) in [6.07, 6.45) is 6.75. The standard InChI is InChI=1S/C20H28FN5O/c1-4-19(27-3)22-11-6-12-26-18(20-16(21)7-5-10-23-20)13-17(25-26)14(2)24-15-8-9-15/h4-5,7,10,13-15,22,24H,6,8-9,11-12H2,1-3H3. The molecule has 3 rings (SSSR count). The van der Waals surface area contributed by atoms with E-state index in [1.807, 2.05) is 23.7 Å². The molecule has 1 saturated carbocycles. The van der Waals surface area contributed by atoms with Crippen molar-refractivity contribution in [2.24, 2.45) is 0 Å². The summed E-state index contributed by atoms with van der Waals surface area (Å²) in [5.41, 5.74) is 1.97. The third-order valence-corrected chi connectivity index (χ3v) is 4.63. The minimum absolute atomic E-state index is 0.130. The molecule has 2 aromatic rings. The molecule has 1 aliphatic carbocycles. The van der Waals surface area contributed by atoms with Crippen molar-refractivity contribution < 1.29 is 9.13 Å². The molecule has 1 atom stereocenters. The maximum atomic E-state index is 14.3. The monoisotopic (exact) mass is 373 g/mol. The number of aryl methyl sites for hydroxylation is 1. The number of ether oxygens (including phenoxy) is 1. The van der Waals surface area contributed by atoms with Crippen LogP contribution in [0.4, 0.5) is 4.39 Å². The van der Waals surface area contributed by atoms with Crippen molar-refractivity contribution >= 4 is 0 Å². The SMILES string of the molecule is CC=C(NCCCn1nc(C(C)NC2CC2)cc1-c1ncccc1F)OC. The lowest BCUT2D eigenvalue weighted by atomic mass is 10.2. The van der Waals surface area contributed by atoms with Gasteiger partial charge in [-0.15, -0.1) is 0 Å². The lowest BCUT2D eigenvalue weighted by Crippen LogP contribution is -2.21. The van der Waals surface area contributed by atoms with Crippen LogP contribution in [0.1, 0.15) is 44.8 Å². The summed E-state index contributed by atoms with van der Waals surface area (Å²) in [6, 6.07) is 5.70. The molecule has 2 heterocycles. The highest BCUT2D eigenvalue weighted by Crippen LogP contribution is 2.27. The fourth-order valence-electron chi connectivity index (χ4n) is 3.00. The molecule has 1 aliphatic rings. The summed E-state index contributed by atoms with van der Waals surface area (Å²) in [7, 11) is 1.64. The van der Waals surface area contributed by atoms with Gasteiger partial charge in [0.1, 0.15) is 5.69 Å². The van der Waals surface area contributed by atoms with Crippen LogP contribution in [-0.2, 0) is 11.3 Å². The molecule has 0 saturated heterocycles. The molecule has 2 N–H and O–H groups in total. The molecule has 0 bridgehead atoms. The summed E-state index contributed by atoms with van der Waals surface area (Å²) < 4.78 is 21.4. The average Bonchev–Trinajstić information content (AvgIpc) is 3.39. The van der Waals surface area contributed by atoms with Crippen molar-refractivity contribution in [2.75, 3.05) is 13.7 Å². The Labute approximate surface area is 159 Å². The van der Waals surface area contributed by atoms with Crippen LogP contribution < -0.4 is 10.6 Å². The molecule has 0 aliphatic heterocycles. The van der Waals surface area contributed by atoms with E-state index in [-0.39, 0.29) is 11.9 Å². The minimum atomic E-state index is -0.332. The first kappa shape index (κ1) is 19.4. The van der Waals surface area contributed by atoms with Crippen LogP contribution in [0.25, 0.3) is 11.4 Å². The Hall–Kier alpha value is -2.41. The first-order chi connectivity index (χ1) is 13.1. The minimum Gasteiger partial charge on any atom is -0.483 e. The van der Waals surface area contributed by atoms with Crippen molar-refractivity contribution in [3.8, 4) is 11.4 Å². The Morgan fingerprint density at radius 2 is 2.30 bits per heavy atom. The van der Waals surface area contributed by atoms with Gasteiger partial charge in [-0.05, 0) is 57.4 Å².